The zero-order valence-electron chi connectivity index (χ0n) is 18.1. The van der Waals surface area contributed by atoms with E-state index in [1.165, 1.54) is 11.6 Å². The lowest BCUT2D eigenvalue weighted by Gasteiger charge is -2.23. The minimum absolute atomic E-state index is 0.130. The average Bonchev–Trinajstić information content (AvgIpc) is 2.85. The summed E-state index contributed by atoms with van der Waals surface area (Å²) >= 11 is 6.14. The fraction of sp³-hybridized carbons (Fsp3) is 0.231. The van der Waals surface area contributed by atoms with Gasteiger partial charge in [-0.1, -0.05) is 54.1 Å². The quantitative estimate of drug-likeness (QED) is 0.431. The van der Waals surface area contributed by atoms with Crippen molar-refractivity contribution in [1.29, 1.82) is 0 Å². The van der Waals surface area contributed by atoms with Gasteiger partial charge in [-0.15, -0.1) is 0 Å². The van der Waals surface area contributed by atoms with Gasteiger partial charge in [0.15, 0.2) is 0 Å². The molecule has 1 aliphatic rings. The van der Waals surface area contributed by atoms with Crippen LogP contribution < -0.4 is 16.0 Å². The van der Waals surface area contributed by atoms with Gasteiger partial charge in [-0.2, -0.15) is 0 Å². The Bertz CT molecular complexity index is 1110. The highest BCUT2D eigenvalue weighted by Gasteiger charge is 2.18. The number of carbonyl (C=O) groups is 2. The highest BCUT2D eigenvalue weighted by atomic mass is 35.5. The van der Waals surface area contributed by atoms with E-state index >= 15 is 0 Å². The van der Waals surface area contributed by atoms with Crippen LogP contribution >= 0.6 is 11.6 Å². The molecule has 33 heavy (non-hydrogen) atoms. The number of ether oxygens (including phenoxy) is 1. The highest BCUT2D eigenvalue weighted by molar-refractivity contribution is 6.31. The monoisotopic (exact) mass is 463 g/mol. The molecule has 1 aliphatic heterocycles. The van der Waals surface area contributed by atoms with E-state index in [9.17, 15) is 9.59 Å². The average molecular weight is 464 g/mol. The van der Waals surface area contributed by atoms with Gasteiger partial charge in [0.05, 0.1) is 11.3 Å². The number of benzene rings is 3. The molecule has 4 rings (SSSR count). The Kier molecular flexibility index (Phi) is 7.60. The summed E-state index contributed by atoms with van der Waals surface area (Å²) in [6.07, 6.45) is 1.50. The third kappa shape index (κ3) is 6.34. The van der Waals surface area contributed by atoms with Gasteiger partial charge in [-0.25, -0.2) is 4.79 Å². The SMILES string of the molecule is O=C(Nc1ccc(Cl)cc1C(=O)Nc1cccc(C2CCNCC2)c1)OCc1ccccc1. The number of hydrogen-bond acceptors (Lipinski definition) is 4. The molecule has 0 atom stereocenters. The van der Waals surface area contributed by atoms with Crippen molar-refractivity contribution in [3.8, 4) is 0 Å². The van der Waals surface area contributed by atoms with E-state index in [4.69, 9.17) is 16.3 Å². The van der Waals surface area contributed by atoms with Crippen LogP contribution in [0.2, 0.25) is 5.02 Å². The maximum Gasteiger partial charge on any atom is 0.411 e. The summed E-state index contributed by atoms with van der Waals surface area (Å²) in [4.78, 5) is 25.4. The summed E-state index contributed by atoms with van der Waals surface area (Å²) in [5, 5.41) is 9.35. The van der Waals surface area contributed by atoms with Crippen LogP contribution in [0.3, 0.4) is 0 Å². The number of nitrogens with one attached hydrogen (secondary N) is 3. The second-order valence-corrected chi connectivity index (χ2v) is 8.42. The second kappa shape index (κ2) is 11.0. The summed E-state index contributed by atoms with van der Waals surface area (Å²) < 4.78 is 5.28. The number of amides is 2. The van der Waals surface area contributed by atoms with Crippen LogP contribution in [0.25, 0.3) is 0 Å². The number of carbonyl (C=O) groups excluding carboxylic acids is 2. The van der Waals surface area contributed by atoms with Gasteiger partial charge in [0, 0.05) is 10.7 Å². The van der Waals surface area contributed by atoms with E-state index in [0.29, 0.717) is 22.3 Å². The molecule has 0 spiro atoms. The Hall–Kier alpha value is -3.35. The van der Waals surface area contributed by atoms with E-state index in [0.717, 1.165) is 31.5 Å². The zero-order chi connectivity index (χ0) is 23.0. The molecule has 3 aromatic rings. The normalized spacial score (nSPS) is 13.8. The van der Waals surface area contributed by atoms with E-state index in [2.05, 4.69) is 22.0 Å². The Morgan fingerprint density at radius 2 is 1.73 bits per heavy atom. The van der Waals surface area contributed by atoms with Gasteiger partial charge >= 0.3 is 6.09 Å². The van der Waals surface area contributed by atoms with Crippen molar-refractivity contribution in [1.82, 2.24) is 5.32 Å². The smallest absolute Gasteiger partial charge is 0.411 e. The molecule has 3 N–H and O–H groups in total. The number of halogens is 1. The molecule has 7 heteroatoms. The maximum atomic E-state index is 13.1. The molecule has 0 aromatic heterocycles. The third-order valence-electron chi connectivity index (χ3n) is 5.63. The van der Waals surface area contributed by atoms with Crippen molar-refractivity contribution in [2.75, 3.05) is 23.7 Å². The molecule has 1 heterocycles. The van der Waals surface area contributed by atoms with Crippen LogP contribution in [0, 0.1) is 0 Å². The van der Waals surface area contributed by atoms with Crippen LogP contribution in [0.5, 0.6) is 0 Å². The molecule has 0 radical (unpaired) electrons. The predicted molar refractivity (Wildman–Crippen MR) is 131 cm³/mol. The lowest BCUT2D eigenvalue weighted by atomic mass is 9.90. The molecule has 1 fully saturated rings. The Balaban J connectivity index is 1.44. The molecular weight excluding hydrogens is 438 g/mol. The first-order valence-corrected chi connectivity index (χ1v) is 11.4. The minimum atomic E-state index is -0.650. The third-order valence-corrected chi connectivity index (χ3v) is 5.87. The van der Waals surface area contributed by atoms with Crippen LogP contribution in [0.1, 0.15) is 40.2 Å². The first-order chi connectivity index (χ1) is 16.1. The second-order valence-electron chi connectivity index (χ2n) is 7.98. The van der Waals surface area contributed by atoms with Gasteiger partial charge in [0.25, 0.3) is 5.91 Å². The van der Waals surface area contributed by atoms with Crippen LogP contribution in [-0.2, 0) is 11.3 Å². The van der Waals surface area contributed by atoms with E-state index in [-0.39, 0.29) is 18.1 Å². The molecule has 0 aliphatic carbocycles. The van der Waals surface area contributed by atoms with Crippen molar-refractivity contribution < 1.29 is 14.3 Å². The first-order valence-electron chi connectivity index (χ1n) is 11.0. The largest absolute Gasteiger partial charge is 0.444 e. The number of hydrogen-bond donors (Lipinski definition) is 3. The molecule has 170 valence electrons. The number of rotatable bonds is 6. The lowest BCUT2D eigenvalue weighted by molar-refractivity contribution is 0.102. The number of anilines is 2. The van der Waals surface area contributed by atoms with E-state index < -0.39 is 6.09 Å². The van der Waals surface area contributed by atoms with Gasteiger partial charge in [-0.3, -0.25) is 10.1 Å². The van der Waals surface area contributed by atoms with Crippen molar-refractivity contribution in [2.24, 2.45) is 0 Å². The molecule has 0 unspecified atom stereocenters. The number of piperidine rings is 1. The molecular formula is C26H26ClN3O3. The zero-order valence-corrected chi connectivity index (χ0v) is 18.9. The summed E-state index contributed by atoms with van der Waals surface area (Å²) in [5.41, 5.74) is 3.36. The molecule has 1 saturated heterocycles. The summed E-state index contributed by atoms with van der Waals surface area (Å²) in [5.74, 6) is 0.115. The molecule has 6 nitrogen and oxygen atoms in total. The molecule has 0 saturated carbocycles. The van der Waals surface area contributed by atoms with E-state index in [1.807, 2.05) is 48.5 Å². The minimum Gasteiger partial charge on any atom is -0.444 e. The summed E-state index contributed by atoms with van der Waals surface area (Å²) in [7, 11) is 0. The van der Waals surface area contributed by atoms with Crippen molar-refractivity contribution in [2.45, 2.75) is 25.4 Å². The fourth-order valence-electron chi connectivity index (χ4n) is 3.91. The Morgan fingerprint density at radius 1 is 0.939 bits per heavy atom. The van der Waals surface area contributed by atoms with Crippen LogP contribution in [0.4, 0.5) is 16.2 Å². The van der Waals surface area contributed by atoms with Gasteiger partial charge in [-0.05, 0) is 73.3 Å². The van der Waals surface area contributed by atoms with Crippen LogP contribution in [-0.4, -0.2) is 25.1 Å². The fourth-order valence-corrected chi connectivity index (χ4v) is 4.08. The summed E-state index contributed by atoms with van der Waals surface area (Å²) in [6.45, 7) is 2.13. The van der Waals surface area contributed by atoms with Crippen molar-refractivity contribution in [3.05, 3.63) is 94.5 Å². The lowest BCUT2D eigenvalue weighted by Crippen LogP contribution is -2.26. The summed E-state index contributed by atoms with van der Waals surface area (Å²) in [6, 6.07) is 22.0. The van der Waals surface area contributed by atoms with Gasteiger partial charge < -0.3 is 15.4 Å². The predicted octanol–water partition coefficient (Wildman–Crippen LogP) is 5.81. The van der Waals surface area contributed by atoms with E-state index in [1.54, 1.807) is 12.1 Å². The first kappa shape index (κ1) is 22.8. The topological polar surface area (TPSA) is 79.5 Å². The standard InChI is InChI=1S/C26H26ClN3O3/c27-21-9-10-24(30-26(32)33-17-18-5-2-1-3-6-18)23(16-21)25(31)29-22-8-4-7-20(15-22)19-11-13-28-14-12-19/h1-10,15-16,19,28H,11-14,17H2,(H,29,31)(H,30,32). The van der Waals surface area contributed by atoms with Crippen molar-refractivity contribution >= 4 is 35.0 Å². The Morgan fingerprint density at radius 3 is 2.52 bits per heavy atom. The Labute approximate surface area is 198 Å². The van der Waals surface area contributed by atoms with Gasteiger partial charge in [0.1, 0.15) is 6.61 Å². The maximum absolute atomic E-state index is 13.1. The van der Waals surface area contributed by atoms with Gasteiger partial charge in [0.2, 0.25) is 0 Å². The van der Waals surface area contributed by atoms with Crippen LogP contribution in [0.15, 0.2) is 72.8 Å². The molecule has 2 amide bonds. The molecule has 3 aromatic carbocycles. The highest BCUT2D eigenvalue weighted by Crippen LogP contribution is 2.28. The van der Waals surface area contributed by atoms with Crippen molar-refractivity contribution in [3.63, 3.8) is 0 Å². The molecule has 0 bridgehead atoms.